The van der Waals surface area contributed by atoms with Crippen molar-refractivity contribution in [3.05, 3.63) is 30.0 Å². The van der Waals surface area contributed by atoms with Crippen molar-refractivity contribution in [1.82, 2.24) is 4.98 Å². The second-order valence-electron chi connectivity index (χ2n) is 2.53. The lowest BCUT2D eigenvalue weighted by Crippen LogP contribution is -1.93. The first-order chi connectivity index (χ1) is 6.72. The zero-order valence-corrected chi connectivity index (χ0v) is 7.80. The number of hydrogen-bond acceptors (Lipinski definition) is 3. The standard InChI is InChI=1S/C10H11NO3/c1-2-14-9-5-3-8(7-11-9)4-6-10(12)13/h3-7H,2H2,1H3,(H,12,13)/b6-4+. The van der Waals surface area contributed by atoms with Gasteiger partial charge in [-0.2, -0.15) is 0 Å². The fourth-order valence-electron chi connectivity index (χ4n) is 0.891. The molecule has 14 heavy (non-hydrogen) atoms. The van der Waals surface area contributed by atoms with Crippen LogP contribution in [-0.4, -0.2) is 22.7 Å². The second-order valence-corrected chi connectivity index (χ2v) is 2.53. The Morgan fingerprint density at radius 1 is 1.64 bits per heavy atom. The topological polar surface area (TPSA) is 59.4 Å². The fourth-order valence-corrected chi connectivity index (χ4v) is 0.891. The van der Waals surface area contributed by atoms with Crippen molar-refractivity contribution in [2.45, 2.75) is 6.92 Å². The van der Waals surface area contributed by atoms with Gasteiger partial charge in [-0.3, -0.25) is 0 Å². The van der Waals surface area contributed by atoms with Gasteiger partial charge in [-0.25, -0.2) is 9.78 Å². The molecule has 0 radical (unpaired) electrons. The minimum absolute atomic E-state index is 0.542. The Kier molecular flexibility index (Phi) is 3.67. The van der Waals surface area contributed by atoms with Crippen LogP contribution in [0.15, 0.2) is 24.4 Å². The molecule has 0 amide bonds. The molecule has 1 aromatic heterocycles. The molecule has 74 valence electrons. The molecule has 0 aromatic carbocycles. The van der Waals surface area contributed by atoms with Crippen molar-refractivity contribution < 1.29 is 14.6 Å². The number of pyridine rings is 1. The lowest BCUT2D eigenvalue weighted by atomic mass is 10.2. The summed E-state index contributed by atoms with van der Waals surface area (Å²) in [5, 5.41) is 8.38. The van der Waals surface area contributed by atoms with E-state index in [4.69, 9.17) is 9.84 Å². The second kappa shape index (κ2) is 5.01. The number of aromatic nitrogens is 1. The van der Waals surface area contributed by atoms with E-state index in [1.165, 1.54) is 6.08 Å². The molecule has 0 fully saturated rings. The first kappa shape index (κ1) is 10.2. The summed E-state index contributed by atoms with van der Waals surface area (Å²) in [6.45, 7) is 2.44. The zero-order valence-electron chi connectivity index (χ0n) is 7.80. The Balaban J connectivity index is 2.68. The Labute approximate surface area is 81.9 Å². The van der Waals surface area contributed by atoms with Crippen LogP contribution in [0.25, 0.3) is 6.08 Å². The van der Waals surface area contributed by atoms with Crippen molar-refractivity contribution in [2.75, 3.05) is 6.61 Å². The predicted molar refractivity (Wildman–Crippen MR) is 52.1 cm³/mol. The molecular weight excluding hydrogens is 182 g/mol. The van der Waals surface area contributed by atoms with Crippen LogP contribution >= 0.6 is 0 Å². The molecule has 0 atom stereocenters. The molecule has 0 aliphatic heterocycles. The zero-order chi connectivity index (χ0) is 10.4. The van der Waals surface area contributed by atoms with Crippen LogP contribution < -0.4 is 4.74 Å². The van der Waals surface area contributed by atoms with Gasteiger partial charge in [0.25, 0.3) is 0 Å². The molecular formula is C10H11NO3. The highest BCUT2D eigenvalue weighted by molar-refractivity contribution is 5.85. The Bertz CT molecular complexity index is 330. The van der Waals surface area contributed by atoms with Crippen LogP contribution in [0.3, 0.4) is 0 Å². The predicted octanol–water partition coefficient (Wildman–Crippen LogP) is 1.58. The number of nitrogens with zero attached hydrogens (tertiary/aromatic N) is 1. The van der Waals surface area contributed by atoms with Gasteiger partial charge in [-0.05, 0) is 24.6 Å². The van der Waals surface area contributed by atoms with Gasteiger partial charge < -0.3 is 9.84 Å². The van der Waals surface area contributed by atoms with Crippen molar-refractivity contribution in [3.63, 3.8) is 0 Å². The molecule has 0 saturated heterocycles. The average molecular weight is 193 g/mol. The maximum Gasteiger partial charge on any atom is 0.328 e. The number of carboxylic acids is 1. The summed E-state index contributed by atoms with van der Waals surface area (Å²) in [6, 6.07) is 3.45. The molecule has 0 aliphatic carbocycles. The Morgan fingerprint density at radius 3 is 2.93 bits per heavy atom. The first-order valence-corrected chi connectivity index (χ1v) is 4.22. The van der Waals surface area contributed by atoms with E-state index in [0.717, 1.165) is 11.6 Å². The molecule has 1 aromatic rings. The molecule has 0 bridgehead atoms. The number of hydrogen-bond donors (Lipinski definition) is 1. The van der Waals surface area contributed by atoms with Gasteiger partial charge in [0, 0.05) is 18.3 Å². The third-order valence-electron chi connectivity index (χ3n) is 1.47. The molecule has 4 nitrogen and oxygen atoms in total. The molecule has 0 unspecified atom stereocenters. The molecule has 0 spiro atoms. The van der Waals surface area contributed by atoms with Crippen LogP contribution in [0.1, 0.15) is 12.5 Å². The van der Waals surface area contributed by atoms with E-state index in [2.05, 4.69) is 4.98 Å². The third-order valence-corrected chi connectivity index (χ3v) is 1.47. The lowest BCUT2D eigenvalue weighted by Gasteiger charge is -2.00. The van der Waals surface area contributed by atoms with Gasteiger partial charge >= 0.3 is 5.97 Å². The van der Waals surface area contributed by atoms with Crippen molar-refractivity contribution in [3.8, 4) is 5.88 Å². The van der Waals surface area contributed by atoms with Crippen LogP contribution in [0.5, 0.6) is 5.88 Å². The molecule has 1 N–H and O–H groups in total. The Hall–Kier alpha value is -1.84. The minimum Gasteiger partial charge on any atom is -0.478 e. The van der Waals surface area contributed by atoms with Gasteiger partial charge in [0.05, 0.1) is 6.61 Å². The van der Waals surface area contributed by atoms with Crippen LogP contribution in [-0.2, 0) is 4.79 Å². The monoisotopic (exact) mass is 193 g/mol. The Morgan fingerprint density at radius 2 is 2.43 bits per heavy atom. The maximum atomic E-state index is 10.2. The molecule has 4 heteroatoms. The smallest absolute Gasteiger partial charge is 0.328 e. The fraction of sp³-hybridized carbons (Fsp3) is 0.200. The SMILES string of the molecule is CCOc1ccc(/C=C/C(=O)O)cn1. The van der Waals surface area contributed by atoms with Crippen LogP contribution in [0.4, 0.5) is 0 Å². The van der Waals surface area contributed by atoms with E-state index < -0.39 is 5.97 Å². The van der Waals surface area contributed by atoms with E-state index in [1.807, 2.05) is 6.92 Å². The summed E-state index contributed by atoms with van der Waals surface area (Å²) in [7, 11) is 0. The largest absolute Gasteiger partial charge is 0.478 e. The summed E-state index contributed by atoms with van der Waals surface area (Å²) in [5.41, 5.74) is 0.732. The maximum absolute atomic E-state index is 10.2. The van der Waals surface area contributed by atoms with Crippen LogP contribution in [0, 0.1) is 0 Å². The molecule has 1 rings (SSSR count). The number of carboxylic acid groups (broad SMARTS) is 1. The first-order valence-electron chi connectivity index (χ1n) is 4.22. The summed E-state index contributed by atoms with van der Waals surface area (Å²) < 4.78 is 5.13. The third kappa shape index (κ3) is 3.26. The highest BCUT2D eigenvalue weighted by Crippen LogP contribution is 2.08. The molecule has 0 aliphatic rings. The van der Waals surface area contributed by atoms with E-state index in [1.54, 1.807) is 18.3 Å². The summed E-state index contributed by atoms with van der Waals surface area (Å²) in [5.74, 6) is -0.432. The normalized spacial score (nSPS) is 10.4. The number of carbonyl (C=O) groups is 1. The van der Waals surface area contributed by atoms with Gasteiger partial charge in [-0.15, -0.1) is 0 Å². The summed E-state index contributed by atoms with van der Waals surface area (Å²) >= 11 is 0. The minimum atomic E-state index is -0.973. The van der Waals surface area contributed by atoms with Gasteiger partial charge in [0.1, 0.15) is 0 Å². The average Bonchev–Trinajstić information content (AvgIpc) is 2.17. The van der Waals surface area contributed by atoms with E-state index in [-0.39, 0.29) is 0 Å². The van der Waals surface area contributed by atoms with Crippen LogP contribution in [0.2, 0.25) is 0 Å². The van der Waals surface area contributed by atoms with Crippen molar-refractivity contribution >= 4 is 12.0 Å². The van der Waals surface area contributed by atoms with E-state index >= 15 is 0 Å². The van der Waals surface area contributed by atoms with Crippen molar-refractivity contribution in [1.29, 1.82) is 0 Å². The van der Waals surface area contributed by atoms with E-state index in [9.17, 15) is 4.79 Å². The highest BCUT2D eigenvalue weighted by Gasteiger charge is 1.93. The van der Waals surface area contributed by atoms with Gasteiger partial charge in [-0.1, -0.05) is 0 Å². The molecule has 1 heterocycles. The van der Waals surface area contributed by atoms with Gasteiger partial charge in [0.2, 0.25) is 5.88 Å². The number of aliphatic carboxylic acids is 1. The molecule has 0 saturated carbocycles. The quantitative estimate of drug-likeness (QED) is 0.737. The van der Waals surface area contributed by atoms with Crippen molar-refractivity contribution in [2.24, 2.45) is 0 Å². The highest BCUT2D eigenvalue weighted by atomic mass is 16.5. The number of rotatable bonds is 4. The summed E-state index contributed by atoms with van der Waals surface area (Å²) in [4.78, 5) is 14.2. The van der Waals surface area contributed by atoms with Gasteiger partial charge in [0.15, 0.2) is 0 Å². The lowest BCUT2D eigenvalue weighted by molar-refractivity contribution is -0.131. The number of ether oxygens (including phenoxy) is 1. The van der Waals surface area contributed by atoms with E-state index in [0.29, 0.717) is 12.5 Å². The summed E-state index contributed by atoms with van der Waals surface area (Å²) in [6.07, 6.45) is 4.10.